The lowest BCUT2D eigenvalue weighted by Crippen LogP contribution is -2.10. The Hall–Kier alpha value is -3.13. The van der Waals surface area contributed by atoms with Crippen molar-refractivity contribution < 1.29 is 0 Å². The molecule has 1 aromatic carbocycles. The number of nitrogens with zero attached hydrogens (tertiary/aromatic N) is 6. The third-order valence-electron chi connectivity index (χ3n) is 5.64. The highest BCUT2D eigenvalue weighted by Gasteiger charge is 2.22. The highest BCUT2D eigenvalue weighted by atomic mass is 35.5. The van der Waals surface area contributed by atoms with Crippen LogP contribution in [0, 0.1) is 13.8 Å². The third-order valence-corrected chi connectivity index (χ3v) is 5.87. The van der Waals surface area contributed by atoms with E-state index >= 15 is 0 Å². The Bertz CT molecular complexity index is 1250. The normalized spacial score (nSPS) is 11.5. The van der Waals surface area contributed by atoms with E-state index in [1.807, 2.05) is 39.1 Å². The van der Waals surface area contributed by atoms with Gasteiger partial charge in [0.15, 0.2) is 0 Å². The number of unbranched alkanes of at least 4 members (excludes halogenated alkanes) is 2. The molecule has 0 atom stereocenters. The Balaban J connectivity index is 1.85. The summed E-state index contributed by atoms with van der Waals surface area (Å²) in [6.07, 6.45) is 4.20. The molecule has 9 heteroatoms. The summed E-state index contributed by atoms with van der Waals surface area (Å²) in [7, 11) is 1.88. The minimum absolute atomic E-state index is 0.298. The summed E-state index contributed by atoms with van der Waals surface area (Å²) in [5.41, 5.74) is 17.8. The number of hydrogen-bond acceptors (Lipinski definition) is 6. The number of benzene rings is 1. The van der Waals surface area contributed by atoms with E-state index < -0.39 is 0 Å². The summed E-state index contributed by atoms with van der Waals surface area (Å²) in [5.74, 6) is 0.936. The van der Waals surface area contributed by atoms with Gasteiger partial charge in [-0.05, 0) is 44.9 Å². The van der Waals surface area contributed by atoms with Gasteiger partial charge in [0.25, 0.3) is 5.95 Å². The molecule has 0 amide bonds. The Morgan fingerprint density at radius 3 is 2.32 bits per heavy atom. The van der Waals surface area contributed by atoms with Crippen molar-refractivity contribution in [3.05, 3.63) is 40.3 Å². The predicted octanol–water partition coefficient (Wildman–Crippen LogP) is 4.38. The molecule has 0 saturated heterocycles. The molecule has 0 radical (unpaired) electrons. The number of hydrogen-bond donors (Lipinski definition) is 2. The zero-order valence-electron chi connectivity index (χ0n) is 18.3. The van der Waals surface area contributed by atoms with E-state index in [0.29, 0.717) is 28.2 Å². The van der Waals surface area contributed by atoms with Crippen molar-refractivity contribution in [2.45, 2.75) is 46.5 Å². The van der Waals surface area contributed by atoms with Gasteiger partial charge < -0.3 is 11.5 Å². The average Bonchev–Trinajstić information content (AvgIpc) is 3.19. The van der Waals surface area contributed by atoms with Gasteiger partial charge in [0, 0.05) is 28.7 Å². The van der Waals surface area contributed by atoms with E-state index in [0.717, 1.165) is 59.2 Å². The van der Waals surface area contributed by atoms with Crippen LogP contribution in [0.5, 0.6) is 0 Å². The lowest BCUT2D eigenvalue weighted by molar-refractivity contribution is 0.697. The van der Waals surface area contributed by atoms with Gasteiger partial charge in [-0.2, -0.15) is 24.8 Å². The maximum absolute atomic E-state index is 6.38. The van der Waals surface area contributed by atoms with Gasteiger partial charge in [-0.1, -0.05) is 31.4 Å². The molecule has 4 rings (SSSR count). The monoisotopic (exact) mass is 438 g/mol. The van der Waals surface area contributed by atoms with Crippen LogP contribution >= 0.6 is 11.6 Å². The van der Waals surface area contributed by atoms with Gasteiger partial charge in [0.2, 0.25) is 0 Å². The number of aryl methyl sites for hydroxylation is 3. The molecule has 8 nitrogen and oxygen atoms in total. The smallest absolute Gasteiger partial charge is 0.255 e. The molecule has 162 valence electrons. The summed E-state index contributed by atoms with van der Waals surface area (Å²) in [6.45, 7) is 6.07. The van der Waals surface area contributed by atoms with Crippen LogP contribution in [0.3, 0.4) is 0 Å². The summed E-state index contributed by atoms with van der Waals surface area (Å²) >= 11 is 6.26. The minimum Gasteiger partial charge on any atom is -0.383 e. The topological polar surface area (TPSA) is 113 Å². The largest absolute Gasteiger partial charge is 0.383 e. The second kappa shape index (κ2) is 8.19. The maximum atomic E-state index is 6.38. The van der Waals surface area contributed by atoms with Gasteiger partial charge in [-0.15, -0.1) is 0 Å². The minimum atomic E-state index is 0.298. The van der Waals surface area contributed by atoms with Gasteiger partial charge in [0.05, 0.1) is 22.5 Å². The molecule has 31 heavy (non-hydrogen) atoms. The van der Waals surface area contributed by atoms with Crippen molar-refractivity contribution >= 4 is 34.1 Å². The molecular weight excluding hydrogens is 412 g/mol. The molecule has 0 aliphatic carbocycles. The molecule has 0 spiro atoms. The molecule has 0 unspecified atom stereocenters. The van der Waals surface area contributed by atoms with E-state index in [4.69, 9.17) is 28.2 Å². The van der Waals surface area contributed by atoms with Crippen LogP contribution in [0.4, 0.5) is 11.6 Å². The first-order valence-electron chi connectivity index (χ1n) is 10.4. The van der Waals surface area contributed by atoms with Gasteiger partial charge >= 0.3 is 0 Å². The first kappa shape index (κ1) is 21.1. The summed E-state index contributed by atoms with van der Waals surface area (Å²) in [5, 5.41) is 10.9. The number of anilines is 2. The van der Waals surface area contributed by atoms with Crippen molar-refractivity contribution in [2.24, 2.45) is 7.05 Å². The Morgan fingerprint density at radius 2 is 1.71 bits per heavy atom. The van der Waals surface area contributed by atoms with E-state index in [-0.39, 0.29) is 0 Å². The molecule has 0 aliphatic rings. The SMILES string of the molecule is CCCCCc1nn(-c2nc(N)c(-c3c(C)nn(C)c3C)c(N)n2)c2ccc(Cl)cc12. The zero-order valence-corrected chi connectivity index (χ0v) is 19.0. The Labute approximate surface area is 186 Å². The van der Waals surface area contributed by atoms with Gasteiger partial charge in [-0.3, -0.25) is 4.68 Å². The lowest BCUT2D eigenvalue weighted by atomic mass is 10.1. The van der Waals surface area contributed by atoms with E-state index in [1.165, 1.54) is 0 Å². The van der Waals surface area contributed by atoms with Gasteiger partial charge in [-0.25, -0.2) is 0 Å². The van der Waals surface area contributed by atoms with Crippen molar-refractivity contribution in [2.75, 3.05) is 11.5 Å². The summed E-state index contributed by atoms with van der Waals surface area (Å²) in [4.78, 5) is 9.14. The lowest BCUT2D eigenvalue weighted by Gasteiger charge is -2.11. The van der Waals surface area contributed by atoms with Crippen molar-refractivity contribution in [1.82, 2.24) is 29.5 Å². The summed E-state index contributed by atoms with van der Waals surface area (Å²) < 4.78 is 3.50. The molecule has 4 aromatic rings. The first-order valence-corrected chi connectivity index (χ1v) is 10.8. The quantitative estimate of drug-likeness (QED) is 0.432. The number of nitrogens with two attached hydrogens (primary N) is 2. The summed E-state index contributed by atoms with van der Waals surface area (Å²) in [6, 6.07) is 5.69. The molecular formula is C22H27ClN8. The average molecular weight is 439 g/mol. The van der Waals surface area contributed by atoms with Crippen LogP contribution < -0.4 is 11.5 Å². The van der Waals surface area contributed by atoms with E-state index in [9.17, 15) is 0 Å². The maximum Gasteiger partial charge on any atom is 0.255 e. The Kier molecular flexibility index (Phi) is 5.58. The highest BCUT2D eigenvalue weighted by molar-refractivity contribution is 6.31. The molecule has 3 aromatic heterocycles. The number of nitrogen functional groups attached to an aromatic ring is 2. The van der Waals surface area contributed by atoms with E-state index in [1.54, 1.807) is 9.36 Å². The van der Waals surface area contributed by atoms with Crippen LogP contribution in [0.1, 0.15) is 43.3 Å². The van der Waals surface area contributed by atoms with Crippen molar-refractivity contribution in [3.8, 4) is 17.1 Å². The zero-order chi connectivity index (χ0) is 22.3. The number of aromatic nitrogens is 6. The second-order valence-corrected chi connectivity index (χ2v) is 8.25. The molecule has 0 saturated carbocycles. The van der Waals surface area contributed by atoms with Crippen molar-refractivity contribution in [1.29, 1.82) is 0 Å². The predicted molar refractivity (Wildman–Crippen MR) is 125 cm³/mol. The standard InChI is InChI=1S/C22H27ClN8/c1-5-6-7-8-16-15-11-14(23)9-10-17(15)31(29-16)22-26-20(24)19(21(25)27-22)18-12(2)28-30(4)13(18)3/h9-11H,5-8H2,1-4H3,(H4,24,25,26,27). The fourth-order valence-corrected chi connectivity index (χ4v) is 4.17. The molecule has 4 N–H and O–H groups in total. The number of rotatable bonds is 6. The number of fused-ring (bicyclic) bond motifs is 1. The number of halogens is 1. The van der Waals surface area contributed by atoms with Crippen LogP contribution in [-0.2, 0) is 13.5 Å². The fraction of sp³-hybridized carbons (Fsp3) is 0.364. The molecule has 0 bridgehead atoms. The fourth-order valence-electron chi connectivity index (χ4n) is 4.00. The van der Waals surface area contributed by atoms with Crippen LogP contribution in [0.15, 0.2) is 18.2 Å². The van der Waals surface area contributed by atoms with E-state index in [2.05, 4.69) is 22.0 Å². The van der Waals surface area contributed by atoms with Crippen LogP contribution in [0.25, 0.3) is 28.0 Å². The Morgan fingerprint density at radius 1 is 1.00 bits per heavy atom. The van der Waals surface area contributed by atoms with Crippen LogP contribution in [-0.4, -0.2) is 29.5 Å². The second-order valence-electron chi connectivity index (χ2n) is 7.82. The van der Waals surface area contributed by atoms with Gasteiger partial charge in [0.1, 0.15) is 11.6 Å². The molecule has 3 heterocycles. The highest BCUT2D eigenvalue weighted by Crippen LogP contribution is 2.35. The third kappa shape index (κ3) is 3.72. The van der Waals surface area contributed by atoms with Crippen molar-refractivity contribution in [3.63, 3.8) is 0 Å². The molecule has 0 aliphatic heterocycles. The molecule has 0 fully saturated rings. The first-order chi connectivity index (χ1) is 14.8. The van der Waals surface area contributed by atoms with Crippen LogP contribution in [0.2, 0.25) is 5.02 Å².